The molecule has 21 heavy (non-hydrogen) atoms. The number of rotatable bonds is 4. The van der Waals surface area contributed by atoms with E-state index in [0.29, 0.717) is 6.04 Å². The van der Waals surface area contributed by atoms with E-state index in [1.165, 1.54) is 18.9 Å². The number of halogens is 1. The van der Waals surface area contributed by atoms with Crippen LogP contribution in [-0.4, -0.2) is 32.8 Å². The van der Waals surface area contributed by atoms with Crippen molar-refractivity contribution in [3.8, 4) is 0 Å². The number of hydrogen-bond acceptors (Lipinski definition) is 4. The number of nitro benzene ring substituents is 1. The Morgan fingerprint density at radius 3 is 3.10 bits per heavy atom. The molecule has 0 spiro atoms. The minimum Gasteiger partial charge on any atom is -0.339 e. The van der Waals surface area contributed by atoms with Crippen LogP contribution in [0.1, 0.15) is 25.7 Å². The van der Waals surface area contributed by atoms with E-state index in [2.05, 4.69) is 30.8 Å². The minimum absolute atomic E-state index is 0.0911. The zero-order valence-corrected chi connectivity index (χ0v) is 13.2. The fourth-order valence-corrected chi connectivity index (χ4v) is 3.47. The largest absolute Gasteiger partial charge is 0.339 e. The molecule has 2 aromatic rings. The van der Waals surface area contributed by atoms with Crippen molar-refractivity contribution in [1.29, 1.82) is 0 Å². The molecule has 7 heteroatoms. The quantitative estimate of drug-likeness (QED) is 0.518. The van der Waals surface area contributed by atoms with Crippen LogP contribution in [0.5, 0.6) is 0 Å². The summed E-state index contributed by atoms with van der Waals surface area (Å²) in [6, 6.07) is 5.24. The van der Waals surface area contributed by atoms with E-state index < -0.39 is 0 Å². The van der Waals surface area contributed by atoms with Gasteiger partial charge < -0.3 is 9.88 Å². The number of aromatic nitrogens is 2. The second-order valence-corrected chi connectivity index (χ2v) is 6.13. The van der Waals surface area contributed by atoms with Crippen LogP contribution in [0, 0.1) is 10.1 Å². The Kier molecular flexibility index (Phi) is 4.10. The van der Waals surface area contributed by atoms with Gasteiger partial charge in [-0.15, -0.1) is 0 Å². The SMILES string of the molecule is O=[N+]([O-])c1ccc2nc(N3CCCCC3CCBr)[nH]c2c1. The molecule has 1 fully saturated rings. The molecule has 1 aromatic heterocycles. The lowest BCUT2D eigenvalue weighted by molar-refractivity contribution is -0.384. The molecule has 1 aliphatic heterocycles. The maximum absolute atomic E-state index is 10.8. The van der Waals surface area contributed by atoms with Crippen LogP contribution in [0.4, 0.5) is 11.6 Å². The molecule has 1 atom stereocenters. The van der Waals surface area contributed by atoms with E-state index in [1.54, 1.807) is 12.1 Å². The highest BCUT2D eigenvalue weighted by Crippen LogP contribution is 2.28. The van der Waals surface area contributed by atoms with Gasteiger partial charge in [-0.3, -0.25) is 10.1 Å². The maximum atomic E-state index is 10.8. The molecule has 1 N–H and O–H groups in total. The Bertz CT molecular complexity index is 655. The third-order valence-electron chi connectivity index (χ3n) is 4.01. The first kappa shape index (κ1) is 14.3. The third kappa shape index (κ3) is 2.88. The van der Waals surface area contributed by atoms with Crippen molar-refractivity contribution in [3.63, 3.8) is 0 Å². The topological polar surface area (TPSA) is 75.1 Å². The third-order valence-corrected chi connectivity index (χ3v) is 4.46. The van der Waals surface area contributed by atoms with Gasteiger partial charge in [-0.25, -0.2) is 4.98 Å². The van der Waals surface area contributed by atoms with Crippen molar-refractivity contribution in [2.24, 2.45) is 0 Å². The van der Waals surface area contributed by atoms with Gasteiger partial charge in [0.2, 0.25) is 5.95 Å². The summed E-state index contributed by atoms with van der Waals surface area (Å²) in [7, 11) is 0. The maximum Gasteiger partial charge on any atom is 0.271 e. The zero-order valence-electron chi connectivity index (χ0n) is 11.6. The van der Waals surface area contributed by atoms with E-state index >= 15 is 0 Å². The van der Waals surface area contributed by atoms with Gasteiger partial charge in [-0.05, 0) is 31.7 Å². The first-order valence-corrected chi connectivity index (χ1v) is 8.28. The number of anilines is 1. The molecule has 112 valence electrons. The fraction of sp³-hybridized carbons (Fsp3) is 0.500. The van der Waals surface area contributed by atoms with Crippen LogP contribution in [0.2, 0.25) is 0 Å². The molecule has 1 aliphatic rings. The van der Waals surface area contributed by atoms with Gasteiger partial charge in [0.25, 0.3) is 5.69 Å². The summed E-state index contributed by atoms with van der Waals surface area (Å²) in [5.74, 6) is 0.830. The standard InChI is InChI=1S/C14H17BrN4O2/c15-7-6-10-3-1-2-8-18(10)14-16-12-5-4-11(19(20)21)9-13(12)17-14/h4-5,9-10H,1-3,6-8H2,(H,16,17). The highest BCUT2D eigenvalue weighted by molar-refractivity contribution is 9.09. The Labute approximate surface area is 130 Å². The molecule has 6 nitrogen and oxygen atoms in total. The predicted molar refractivity (Wildman–Crippen MR) is 86.1 cm³/mol. The molecule has 0 radical (unpaired) electrons. The van der Waals surface area contributed by atoms with Gasteiger partial charge in [0.15, 0.2) is 0 Å². The number of alkyl halides is 1. The molecule has 1 saturated heterocycles. The number of fused-ring (bicyclic) bond motifs is 1. The second kappa shape index (κ2) is 6.01. The monoisotopic (exact) mass is 352 g/mol. The normalized spacial score (nSPS) is 19.1. The van der Waals surface area contributed by atoms with Crippen LogP contribution in [0.25, 0.3) is 11.0 Å². The van der Waals surface area contributed by atoms with E-state index in [0.717, 1.165) is 41.7 Å². The fourth-order valence-electron chi connectivity index (χ4n) is 2.94. The molecular weight excluding hydrogens is 336 g/mol. The molecule has 1 unspecified atom stereocenters. The van der Waals surface area contributed by atoms with E-state index in [4.69, 9.17) is 0 Å². The molecule has 0 saturated carbocycles. The number of non-ortho nitro benzene ring substituents is 1. The van der Waals surface area contributed by atoms with Gasteiger partial charge in [0.05, 0.1) is 16.0 Å². The molecule has 0 amide bonds. The Balaban J connectivity index is 1.93. The molecule has 0 aliphatic carbocycles. The van der Waals surface area contributed by atoms with Crippen molar-refractivity contribution in [2.75, 3.05) is 16.8 Å². The number of hydrogen-bond donors (Lipinski definition) is 1. The van der Waals surface area contributed by atoms with Crippen LogP contribution < -0.4 is 4.90 Å². The average Bonchev–Trinajstić information content (AvgIpc) is 2.90. The Morgan fingerprint density at radius 2 is 2.33 bits per heavy atom. The lowest BCUT2D eigenvalue weighted by atomic mass is 10.0. The summed E-state index contributed by atoms with van der Waals surface area (Å²) in [4.78, 5) is 20.6. The van der Waals surface area contributed by atoms with Crippen molar-refractivity contribution in [2.45, 2.75) is 31.7 Å². The Hall–Kier alpha value is -1.63. The molecule has 1 aromatic carbocycles. The minimum atomic E-state index is -0.380. The molecule has 2 heterocycles. The first-order valence-electron chi connectivity index (χ1n) is 7.16. The number of nitro groups is 1. The summed E-state index contributed by atoms with van der Waals surface area (Å²) in [6.07, 6.45) is 4.66. The van der Waals surface area contributed by atoms with Gasteiger partial charge in [0, 0.05) is 30.0 Å². The van der Waals surface area contributed by atoms with E-state index in [-0.39, 0.29) is 10.6 Å². The summed E-state index contributed by atoms with van der Waals surface area (Å²) in [6.45, 7) is 0.986. The highest BCUT2D eigenvalue weighted by Gasteiger charge is 2.24. The van der Waals surface area contributed by atoms with Crippen LogP contribution in [-0.2, 0) is 0 Å². The number of aromatic amines is 1. The summed E-state index contributed by atoms with van der Waals surface area (Å²) < 4.78 is 0. The number of piperidine rings is 1. The summed E-state index contributed by atoms with van der Waals surface area (Å²) >= 11 is 3.51. The predicted octanol–water partition coefficient (Wildman–Crippen LogP) is 3.62. The smallest absolute Gasteiger partial charge is 0.271 e. The van der Waals surface area contributed by atoms with E-state index in [9.17, 15) is 10.1 Å². The number of imidazole rings is 1. The number of H-pyrrole nitrogens is 1. The lowest BCUT2D eigenvalue weighted by Crippen LogP contribution is -2.40. The number of nitrogens with one attached hydrogen (secondary N) is 1. The molecule has 0 bridgehead atoms. The van der Waals surface area contributed by atoms with Crippen LogP contribution in [0.15, 0.2) is 18.2 Å². The van der Waals surface area contributed by atoms with Crippen LogP contribution in [0.3, 0.4) is 0 Å². The highest BCUT2D eigenvalue weighted by atomic mass is 79.9. The Morgan fingerprint density at radius 1 is 1.48 bits per heavy atom. The van der Waals surface area contributed by atoms with E-state index in [1.807, 2.05) is 0 Å². The molecule has 3 rings (SSSR count). The molecular formula is C14H17BrN4O2. The number of nitrogens with zero attached hydrogens (tertiary/aromatic N) is 3. The van der Waals surface area contributed by atoms with Gasteiger partial charge in [-0.1, -0.05) is 15.9 Å². The lowest BCUT2D eigenvalue weighted by Gasteiger charge is -2.35. The van der Waals surface area contributed by atoms with Crippen molar-refractivity contribution in [3.05, 3.63) is 28.3 Å². The average molecular weight is 353 g/mol. The van der Waals surface area contributed by atoms with Gasteiger partial charge >= 0.3 is 0 Å². The second-order valence-electron chi connectivity index (χ2n) is 5.34. The van der Waals surface area contributed by atoms with Crippen LogP contribution >= 0.6 is 15.9 Å². The van der Waals surface area contributed by atoms with Gasteiger partial charge in [0.1, 0.15) is 0 Å². The van der Waals surface area contributed by atoms with Crippen molar-refractivity contribution >= 4 is 38.6 Å². The van der Waals surface area contributed by atoms with Crippen molar-refractivity contribution < 1.29 is 4.92 Å². The number of benzene rings is 1. The summed E-state index contributed by atoms with van der Waals surface area (Å²) in [5, 5.41) is 11.8. The first-order chi connectivity index (χ1) is 10.2. The van der Waals surface area contributed by atoms with Crippen molar-refractivity contribution in [1.82, 2.24) is 9.97 Å². The van der Waals surface area contributed by atoms with Gasteiger partial charge in [-0.2, -0.15) is 0 Å². The summed E-state index contributed by atoms with van der Waals surface area (Å²) in [5.41, 5.74) is 1.59. The zero-order chi connectivity index (χ0) is 14.8.